The Labute approximate surface area is 139 Å². The van der Waals surface area contributed by atoms with Crippen molar-refractivity contribution in [2.75, 3.05) is 0 Å². The first kappa shape index (κ1) is 15.3. The van der Waals surface area contributed by atoms with Crippen molar-refractivity contribution in [3.8, 4) is 0 Å². The van der Waals surface area contributed by atoms with Crippen molar-refractivity contribution >= 4 is 34.1 Å². The van der Waals surface area contributed by atoms with E-state index in [9.17, 15) is 4.79 Å². The second-order valence-corrected chi connectivity index (χ2v) is 5.68. The minimum absolute atomic E-state index is 0.167. The molecule has 1 N–H and O–H groups in total. The number of fused-ring (bicyclic) bond motifs is 1. The Morgan fingerprint density at radius 2 is 1.87 bits per heavy atom. The lowest BCUT2D eigenvalue weighted by molar-refractivity contribution is -0.121. The van der Waals surface area contributed by atoms with Crippen LogP contribution in [0.4, 0.5) is 0 Å². The van der Waals surface area contributed by atoms with Gasteiger partial charge in [0.15, 0.2) is 0 Å². The number of hydrogen-bond acceptors (Lipinski definition) is 2. The zero-order chi connectivity index (χ0) is 16.2. The molecule has 1 aromatic heterocycles. The average Bonchev–Trinajstić information content (AvgIpc) is 2.96. The van der Waals surface area contributed by atoms with Crippen molar-refractivity contribution in [3.63, 3.8) is 0 Å². The van der Waals surface area contributed by atoms with Crippen LogP contribution in [0.1, 0.15) is 12.5 Å². The van der Waals surface area contributed by atoms with E-state index in [-0.39, 0.29) is 12.5 Å². The highest BCUT2D eigenvalue weighted by Gasteiger charge is 2.05. The van der Waals surface area contributed by atoms with E-state index in [1.165, 1.54) is 0 Å². The lowest BCUT2D eigenvalue weighted by atomic mass is 10.1. The second kappa shape index (κ2) is 6.67. The standard InChI is InChI=1S/C18H16ClN3O/c1-13(14-6-8-16(19)9-7-14)20-21-18(23)12-22-11-10-15-4-2-3-5-17(15)22/h2-11H,12H2,1H3,(H,21,23). The fourth-order valence-electron chi connectivity index (χ4n) is 2.37. The SMILES string of the molecule is CC(=NNC(=O)Cn1ccc2ccccc21)c1ccc(Cl)cc1. The molecule has 3 aromatic rings. The van der Waals surface area contributed by atoms with Gasteiger partial charge in [-0.05, 0) is 42.1 Å². The molecule has 0 saturated heterocycles. The summed E-state index contributed by atoms with van der Waals surface area (Å²) >= 11 is 5.86. The van der Waals surface area contributed by atoms with E-state index in [2.05, 4.69) is 10.5 Å². The van der Waals surface area contributed by atoms with Gasteiger partial charge in [0.1, 0.15) is 6.54 Å². The number of aromatic nitrogens is 1. The number of nitrogens with one attached hydrogen (secondary N) is 1. The zero-order valence-electron chi connectivity index (χ0n) is 12.7. The summed E-state index contributed by atoms with van der Waals surface area (Å²) in [4.78, 5) is 12.1. The molecule has 0 aliphatic rings. The predicted molar refractivity (Wildman–Crippen MR) is 93.7 cm³/mol. The summed E-state index contributed by atoms with van der Waals surface area (Å²) in [5.74, 6) is -0.167. The highest BCUT2D eigenvalue weighted by molar-refractivity contribution is 6.30. The Hall–Kier alpha value is -2.59. The highest BCUT2D eigenvalue weighted by Crippen LogP contribution is 2.14. The maximum atomic E-state index is 12.1. The third-order valence-electron chi connectivity index (χ3n) is 3.60. The molecule has 0 fully saturated rings. The Balaban J connectivity index is 1.67. The molecule has 0 atom stereocenters. The van der Waals surface area contributed by atoms with Crippen molar-refractivity contribution in [2.45, 2.75) is 13.5 Å². The van der Waals surface area contributed by atoms with Crippen molar-refractivity contribution in [1.82, 2.24) is 9.99 Å². The number of nitrogens with zero attached hydrogens (tertiary/aromatic N) is 2. The third-order valence-corrected chi connectivity index (χ3v) is 3.86. The number of hydrogen-bond donors (Lipinski definition) is 1. The Bertz CT molecular complexity index is 865. The van der Waals surface area contributed by atoms with Gasteiger partial charge in [-0.2, -0.15) is 5.10 Å². The third kappa shape index (κ3) is 3.60. The molecule has 0 aliphatic carbocycles. The van der Waals surface area contributed by atoms with Gasteiger partial charge in [-0.1, -0.05) is 41.9 Å². The number of benzene rings is 2. The van der Waals surface area contributed by atoms with E-state index in [0.29, 0.717) is 5.02 Å². The van der Waals surface area contributed by atoms with E-state index in [1.807, 2.05) is 60.2 Å². The molecule has 4 nitrogen and oxygen atoms in total. The summed E-state index contributed by atoms with van der Waals surface area (Å²) in [7, 11) is 0. The van der Waals surface area contributed by atoms with Gasteiger partial charge in [0.25, 0.3) is 5.91 Å². The molecule has 1 heterocycles. The Morgan fingerprint density at radius 3 is 2.65 bits per heavy atom. The molecule has 5 heteroatoms. The van der Waals surface area contributed by atoms with E-state index in [4.69, 9.17) is 11.6 Å². The van der Waals surface area contributed by atoms with Crippen LogP contribution in [0.25, 0.3) is 10.9 Å². The number of hydrazone groups is 1. The molecular formula is C18H16ClN3O. The largest absolute Gasteiger partial charge is 0.338 e. The second-order valence-electron chi connectivity index (χ2n) is 5.24. The molecule has 23 heavy (non-hydrogen) atoms. The average molecular weight is 326 g/mol. The molecule has 0 bridgehead atoms. The molecule has 2 aromatic carbocycles. The smallest absolute Gasteiger partial charge is 0.259 e. The number of carbonyl (C=O) groups is 1. The van der Waals surface area contributed by atoms with Crippen LogP contribution >= 0.6 is 11.6 Å². The maximum Gasteiger partial charge on any atom is 0.259 e. The zero-order valence-corrected chi connectivity index (χ0v) is 13.4. The quantitative estimate of drug-likeness (QED) is 0.575. The summed E-state index contributed by atoms with van der Waals surface area (Å²) < 4.78 is 1.90. The van der Waals surface area contributed by atoms with Crippen LogP contribution in [0.2, 0.25) is 5.02 Å². The molecule has 0 spiro atoms. The van der Waals surface area contributed by atoms with Crippen molar-refractivity contribution in [1.29, 1.82) is 0 Å². The van der Waals surface area contributed by atoms with Gasteiger partial charge in [-0.25, -0.2) is 5.43 Å². The van der Waals surface area contributed by atoms with Crippen molar-refractivity contribution in [2.24, 2.45) is 5.10 Å². The van der Waals surface area contributed by atoms with E-state index >= 15 is 0 Å². The van der Waals surface area contributed by atoms with E-state index in [1.54, 1.807) is 12.1 Å². The van der Waals surface area contributed by atoms with Gasteiger partial charge < -0.3 is 4.57 Å². The summed E-state index contributed by atoms with van der Waals surface area (Å²) in [6.07, 6.45) is 1.90. The van der Waals surface area contributed by atoms with Crippen LogP contribution in [-0.4, -0.2) is 16.2 Å². The Kier molecular flexibility index (Phi) is 4.44. The summed E-state index contributed by atoms with van der Waals surface area (Å²) in [5.41, 5.74) is 5.27. The van der Waals surface area contributed by atoms with Gasteiger partial charge in [0.05, 0.1) is 5.71 Å². The Morgan fingerprint density at radius 1 is 1.13 bits per heavy atom. The molecule has 3 rings (SSSR count). The van der Waals surface area contributed by atoms with Gasteiger partial charge >= 0.3 is 0 Å². The number of rotatable bonds is 4. The monoisotopic (exact) mass is 325 g/mol. The fourth-order valence-corrected chi connectivity index (χ4v) is 2.50. The van der Waals surface area contributed by atoms with Crippen molar-refractivity contribution < 1.29 is 4.79 Å². The first-order valence-corrected chi connectivity index (χ1v) is 7.64. The molecule has 0 saturated carbocycles. The lowest BCUT2D eigenvalue weighted by Gasteiger charge is -2.05. The molecule has 1 amide bonds. The number of amides is 1. The maximum absolute atomic E-state index is 12.1. The number of carbonyl (C=O) groups excluding carboxylic acids is 1. The normalized spacial score (nSPS) is 11.7. The lowest BCUT2D eigenvalue weighted by Crippen LogP contribution is -2.23. The number of para-hydroxylation sites is 1. The van der Waals surface area contributed by atoms with Crippen LogP contribution in [0.5, 0.6) is 0 Å². The van der Waals surface area contributed by atoms with Gasteiger partial charge in [-0.15, -0.1) is 0 Å². The highest BCUT2D eigenvalue weighted by atomic mass is 35.5. The van der Waals surface area contributed by atoms with Gasteiger partial charge in [0.2, 0.25) is 0 Å². The van der Waals surface area contributed by atoms with E-state index < -0.39 is 0 Å². The first-order chi connectivity index (χ1) is 11.1. The minimum Gasteiger partial charge on any atom is -0.338 e. The van der Waals surface area contributed by atoms with Gasteiger partial charge in [-0.3, -0.25) is 4.79 Å². The summed E-state index contributed by atoms with van der Waals surface area (Å²) in [6.45, 7) is 2.07. The molecule has 116 valence electrons. The fraction of sp³-hybridized carbons (Fsp3) is 0.111. The van der Waals surface area contributed by atoms with Crippen LogP contribution in [0.15, 0.2) is 65.9 Å². The van der Waals surface area contributed by atoms with E-state index in [0.717, 1.165) is 22.2 Å². The molecular weight excluding hydrogens is 310 g/mol. The van der Waals surface area contributed by atoms with Crippen LogP contribution in [-0.2, 0) is 11.3 Å². The summed E-state index contributed by atoms with van der Waals surface area (Å²) in [5, 5.41) is 5.93. The van der Waals surface area contributed by atoms with Crippen LogP contribution < -0.4 is 5.43 Å². The topological polar surface area (TPSA) is 46.4 Å². The van der Waals surface area contributed by atoms with Crippen LogP contribution in [0.3, 0.4) is 0 Å². The summed E-state index contributed by atoms with van der Waals surface area (Å²) in [6, 6.07) is 17.3. The molecule has 0 unspecified atom stereocenters. The predicted octanol–water partition coefficient (Wildman–Crippen LogP) is 3.84. The molecule has 0 aliphatic heterocycles. The minimum atomic E-state index is -0.167. The first-order valence-electron chi connectivity index (χ1n) is 7.26. The van der Waals surface area contributed by atoms with Crippen LogP contribution in [0, 0.1) is 0 Å². The molecule has 0 radical (unpaired) electrons. The number of halogens is 1. The van der Waals surface area contributed by atoms with Gasteiger partial charge in [0, 0.05) is 16.7 Å². The van der Waals surface area contributed by atoms with Crippen molar-refractivity contribution in [3.05, 3.63) is 71.4 Å².